The number of nitrogen functional groups attached to an aromatic ring is 1. The highest BCUT2D eigenvalue weighted by Crippen LogP contribution is 2.21. The number of hydrogen-bond acceptors (Lipinski definition) is 5. The number of nitrogens with two attached hydrogens (primary N) is 1. The van der Waals surface area contributed by atoms with Crippen LogP contribution in [0.4, 0.5) is 10.1 Å². The molecule has 7 nitrogen and oxygen atoms in total. The van der Waals surface area contributed by atoms with Crippen LogP contribution in [-0.2, 0) is 10.1 Å². The van der Waals surface area contributed by atoms with Gasteiger partial charge in [-0.3, -0.25) is 9.35 Å². The number of rotatable bonds is 2. The molecule has 20 heavy (non-hydrogen) atoms. The summed E-state index contributed by atoms with van der Waals surface area (Å²) in [6.07, 6.45) is 0.702. The highest BCUT2D eigenvalue weighted by Gasteiger charge is 2.17. The fourth-order valence-corrected chi connectivity index (χ4v) is 2.24. The third-order valence-corrected chi connectivity index (χ3v) is 3.65. The van der Waals surface area contributed by atoms with Gasteiger partial charge in [0.25, 0.3) is 15.7 Å². The van der Waals surface area contributed by atoms with Gasteiger partial charge in [-0.05, 0) is 18.2 Å². The van der Waals surface area contributed by atoms with Crippen molar-refractivity contribution in [2.45, 2.75) is 4.90 Å². The van der Waals surface area contributed by atoms with E-state index in [1.54, 1.807) is 0 Å². The van der Waals surface area contributed by atoms with Gasteiger partial charge < -0.3 is 5.73 Å². The molecular formula is C10H7ClFN3O4S. The van der Waals surface area contributed by atoms with Crippen molar-refractivity contribution in [1.29, 1.82) is 0 Å². The SMILES string of the molecule is Nc1ccc(-n2ncc(F)c(Cl)c2=O)cc1S(=O)(=O)O. The van der Waals surface area contributed by atoms with Gasteiger partial charge in [0.05, 0.1) is 17.6 Å². The van der Waals surface area contributed by atoms with Crippen LogP contribution in [-0.4, -0.2) is 22.8 Å². The first-order valence-corrected chi connectivity index (χ1v) is 6.84. The van der Waals surface area contributed by atoms with Crippen molar-refractivity contribution >= 4 is 27.4 Å². The number of aromatic nitrogens is 2. The molecule has 0 saturated heterocycles. The van der Waals surface area contributed by atoms with Crippen LogP contribution in [0.15, 0.2) is 34.1 Å². The van der Waals surface area contributed by atoms with Crippen LogP contribution in [0.5, 0.6) is 0 Å². The van der Waals surface area contributed by atoms with Crippen LogP contribution < -0.4 is 11.3 Å². The van der Waals surface area contributed by atoms with E-state index in [2.05, 4.69) is 5.10 Å². The number of halogens is 2. The lowest BCUT2D eigenvalue weighted by molar-refractivity contribution is 0.483. The fraction of sp³-hybridized carbons (Fsp3) is 0. The number of benzene rings is 1. The summed E-state index contributed by atoms with van der Waals surface area (Å²) in [5.74, 6) is -1.00. The van der Waals surface area contributed by atoms with Crippen molar-refractivity contribution in [2.24, 2.45) is 0 Å². The van der Waals surface area contributed by atoms with Gasteiger partial charge in [-0.1, -0.05) is 11.6 Å². The first kappa shape index (κ1) is 14.4. The molecular weight excluding hydrogens is 313 g/mol. The van der Waals surface area contributed by atoms with Crippen molar-refractivity contribution in [2.75, 3.05) is 5.73 Å². The maximum atomic E-state index is 13.0. The zero-order valence-electron chi connectivity index (χ0n) is 9.62. The molecule has 3 N–H and O–H groups in total. The second-order valence-corrected chi connectivity index (χ2v) is 5.49. The van der Waals surface area contributed by atoms with Crippen molar-refractivity contribution < 1.29 is 17.4 Å². The molecule has 0 unspecified atom stereocenters. The smallest absolute Gasteiger partial charge is 0.296 e. The van der Waals surface area contributed by atoms with Gasteiger partial charge in [-0.25, -0.2) is 4.39 Å². The van der Waals surface area contributed by atoms with Crippen molar-refractivity contribution in [1.82, 2.24) is 9.78 Å². The molecule has 2 rings (SSSR count). The molecule has 1 heterocycles. The Kier molecular flexibility index (Phi) is 3.50. The van der Waals surface area contributed by atoms with E-state index in [1.165, 1.54) is 6.07 Å². The van der Waals surface area contributed by atoms with E-state index < -0.39 is 31.4 Å². The molecule has 0 atom stereocenters. The number of hydrogen-bond donors (Lipinski definition) is 2. The van der Waals surface area contributed by atoms with E-state index in [0.29, 0.717) is 10.9 Å². The van der Waals surface area contributed by atoms with Gasteiger partial charge in [0.15, 0.2) is 5.82 Å². The number of nitrogens with zero attached hydrogens (tertiary/aromatic N) is 2. The van der Waals surface area contributed by atoms with E-state index in [-0.39, 0.29) is 11.4 Å². The van der Waals surface area contributed by atoms with Gasteiger partial charge >= 0.3 is 0 Å². The van der Waals surface area contributed by atoms with Crippen molar-refractivity contribution in [3.63, 3.8) is 0 Å². The minimum Gasteiger partial charge on any atom is -0.398 e. The number of anilines is 1. The van der Waals surface area contributed by atoms with Gasteiger partial charge in [0, 0.05) is 0 Å². The molecule has 0 aliphatic rings. The Labute approximate surface area is 117 Å². The Morgan fingerprint density at radius 1 is 1.40 bits per heavy atom. The summed E-state index contributed by atoms with van der Waals surface area (Å²) < 4.78 is 45.0. The summed E-state index contributed by atoms with van der Waals surface area (Å²) in [6.45, 7) is 0. The maximum absolute atomic E-state index is 13.0. The van der Waals surface area contributed by atoms with E-state index in [4.69, 9.17) is 21.9 Å². The molecule has 1 aromatic carbocycles. The highest BCUT2D eigenvalue weighted by molar-refractivity contribution is 7.86. The molecule has 0 spiro atoms. The van der Waals surface area contributed by atoms with Gasteiger partial charge in [0.2, 0.25) is 0 Å². The molecule has 1 aromatic heterocycles. The summed E-state index contributed by atoms with van der Waals surface area (Å²) in [7, 11) is -4.57. The zero-order chi connectivity index (χ0) is 15.1. The van der Waals surface area contributed by atoms with Crippen LogP contribution in [0.3, 0.4) is 0 Å². The highest BCUT2D eigenvalue weighted by atomic mass is 35.5. The molecule has 0 aliphatic carbocycles. The third kappa shape index (κ3) is 2.50. The quantitative estimate of drug-likeness (QED) is 0.626. The predicted octanol–water partition coefficient (Wildman–Crippen LogP) is 0.854. The lowest BCUT2D eigenvalue weighted by Crippen LogP contribution is -2.22. The minimum absolute atomic E-state index is 0.0428. The summed E-state index contributed by atoms with van der Waals surface area (Å²) >= 11 is 5.45. The van der Waals surface area contributed by atoms with Crippen molar-refractivity contribution in [3.05, 3.63) is 45.6 Å². The van der Waals surface area contributed by atoms with Crippen LogP contribution in [0.25, 0.3) is 5.69 Å². The third-order valence-electron chi connectivity index (χ3n) is 2.40. The molecule has 0 aliphatic heterocycles. The lowest BCUT2D eigenvalue weighted by atomic mass is 10.3. The van der Waals surface area contributed by atoms with E-state index in [1.807, 2.05) is 0 Å². The van der Waals surface area contributed by atoms with Crippen LogP contribution >= 0.6 is 11.6 Å². The topological polar surface area (TPSA) is 115 Å². The summed E-state index contributed by atoms with van der Waals surface area (Å²) in [4.78, 5) is 11.1. The Morgan fingerprint density at radius 3 is 2.65 bits per heavy atom. The largest absolute Gasteiger partial charge is 0.398 e. The molecule has 0 fully saturated rings. The summed E-state index contributed by atoms with van der Waals surface area (Å²) in [5, 5.41) is 2.80. The average molecular weight is 320 g/mol. The van der Waals surface area contributed by atoms with E-state index in [0.717, 1.165) is 12.1 Å². The Morgan fingerprint density at radius 2 is 2.05 bits per heavy atom. The monoisotopic (exact) mass is 319 g/mol. The Bertz CT molecular complexity index is 850. The molecule has 0 saturated carbocycles. The molecule has 0 radical (unpaired) electrons. The zero-order valence-corrected chi connectivity index (χ0v) is 11.2. The van der Waals surface area contributed by atoms with Gasteiger partial charge in [-0.2, -0.15) is 18.2 Å². The second-order valence-electron chi connectivity index (χ2n) is 3.72. The van der Waals surface area contributed by atoms with Crippen molar-refractivity contribution in [3.8, 4) is 5.69 Å². The fourth-order valence-electron chi connectivity index (χ4n) is 1.47. The van der Waals surface area contributed by atoms with E-state index >= 15 is 0 Å². The predicted molar refractivity (Wildman–Crippen MR) is 69.0 cm³/mol. The molecule has 0 bridgehead atoms. The Balaban J connectivity index is 2.73. The normalized spacial score (nSPS) is 11.6. The molecule has 10 heteroatoms. The van der Waals surface area contributed by atoms with Gasteiger partial charge in [0.1, 0.15) is 9.92 Å². The van der Waals surface area contributed by atoms with Crippen LogP contribution in [0.2, 0.25) is 5.02 Å². The molecule has 106 valence electrons. The van der Waals surface area contributed by atoms with Crippen LogP contribution in [0.1, 0.15) is 0 Å². The van der Waals surface area contributed by atoms with Crippen LogP contribution in [0, 0.1) is 5.82 Å². The molecule has 0 amide bonds. The summed E-state index contributed by atoms with van der Waals surface area (Å²) in [5.41, 5.74) is 4.18. The lowest BCUT2D eigenvalue weighted by Gasteiger charge is -2.08. The maximum Gasteiger partial charge on any atom is 0.296 e. The first-order valence-electron chi connectivity index (χ1n) is 5.02. The summed E-state index contributed by atoms with van der Waals surface area (Å²) in [6, 6.07) is 3.35. The van der Waals surface area contributed by atoms with E-state index in [9.17, 15) is 17.6 Å². The molecule has 2 aromatic rings. The average Bonchev–Trinajstić information content (AvgIpc) is 2.36. The first-order chi connectivity index (χ1) is 9.21. The minimum atomic E-state index is -4.57. The Hall–Kier alpha value is -1.97. The standard InChI is InChI=1S/C10H7ClFN3O4S/c11-9-6(12)4-14-15(10(9)16)5-1-2-7(13)8(3-5)20(17,18)19/h1-4H,13H2,(H,17,18,19). The second kappa shape index (κ2) is 4.85. The van der Waals surface area contributed by atoms with Gasteiger partial charge in [-0.15, -0.1) is 0 Å².